The average molecular weight is 357 g/mol. The number of fused-ring (bicyclic) bond motifs is 1. The number of aliphatic carboxylic acids is 1. The van der Waals surface area contributed by atoms with Crippen LogP contribution < -0.4 is 4.74 Å². The average Bonchev–Trinajstić information content (AvgIpc) is 3.07. The van der Waals surface area contributed by atoms with Crippen LogP contribution in [-0.4, -0.2) is 41.6 Å². The molecule has 0 bridgehead atoms. The zero-order valence-corrected chi connectivity index (χ0v) is 15.3. The Labute approximate surface area is 154 Å². The SMILES string of the molecule is CCOc1ccccc1/C=C(\CC(=O)N1CC2CCCCC2C1)C(=O)O. The van der Waals surface area contributed by atoms with Gasteiger partial charge in [-0.3, -0.25) is 4.79 Å². The maximum absolute atomic E-state index is 12.7. The van der Waals surface area contributed by atoms with Gasteiger partial charge in [0.2, 0.25) is 5.91 Å². The Hall–Kier alpha value is -2.30. The number of carboxylic acid groups (broad SMARTS) is 1. The lowest BCUT2D eigenvalue weighted by Crippen LogP contribution is -2.29. The van der Waals surface area contributed by atoms with E-state index in [0.29, 0.717) is 29.8 Å². The van der Waals surface area contributed by atoms with Gasteiger partial charge in [-0.15, -0.1) is 0 Å². The summed E-state index contributed by atoms with van der Waals surface area (Å²) in [5.74, 6) is 0.698. The molecule has 0 spiro atoms. The van der Waals surface area contributed by atoms with Crippen LogP contribution in [0.4, 0.5) is 0 Å². The first-order valence-corrected chi connectivity index (χ1v) is 9.52. The summed E-state index contributed by atoms with van der Waals surface area (Å²) in [5, 5.41) is 9.57. The molecule has 2 unspecified atom stereocenters. The Bertz CT molecular complexity index is 683. The molecule has 0 aromatic heterocycles. The molecule has 1 aromatic carbocycles. The van der Waals surface area contributed by atoms with Crippen molar-refractivity contribution in [3.05, 3.63) is 35.4 Å². The summed E-state index contributed by atoms with van der Waals surface area (Å²) in [7, 11) is 0. The highest BCUT2D eigenvalue weighted by molar-refractivity contribution is 5.98. The first kappa shape index (κ1) is 18.5. The van der Waals surface area contributed by atoms with Crippen molar-refractivity contribution in [2.24, 2.45) is 11.8 Å². The van der Waals surface area contributed by atoms with Crippen molar-refractivity contribution < 1.29 is 19.4 Å². The lowest BCUT2D eigenvalue weighted by atomic mass is 9.82. The normalized spacial score (nSPS) is 22.8. The molecule has 1 saturated carbocycles. The highest BCUT2D eigenvalue weighted by Gasteiger charge is 2.36. The van der Waals surface area contributed by atoms with Crippen LogP contribution in [0.3, 0.4) is 0 Å². The van der Waals surface area contributed by atoms with Crippen LogP contribution in [0.15, 0.2) is 29.8 Å². The molecular formula is C21H27NO4. The molecule has 0 radical (unpaired) electrons. The molecule has 140 valence electrons. The molecular weight excluding hydrogens is 330 g/mol. The first-order chi connectivity index (χ1) is 12.6. The van der Waals surface area contributed by atoms with Crippen molar-refractivity contribution in [1.29, 1.82) is 0 Å². The number of carbonyl (C=O) groups excluding carboxylic acids is 1. The van der Waals surface area contributed by atoms with E-state index in [0.717, 1.165) is 13.1 Å². The lowest BCUT2D eigenvalue weighted by molar-refractivity contribution is -0.136. The van der Waals surface area contributed by atoms with Gasteiger partial charge in [-0.25, -0.2) is 4.79 Å². The van der Waals surface area contributed by atoms with Crippen molar-refractivity contribution >= 4 is 18.0 Å². The maximum atomic E-state index is 12.7. The summed E-state index contributed by atoms with van der Waals surface area (Å²) >= 11 is 0. The Morgan fingerprint density at radius 3 is 2.46 bits per heavy atom. The predicted octanol–water partition coefficient (Wildman–Crippen LogP) is 3.59. The van der Waals surface area contributed by atoms with E-state index >= 15 is 0 Å². The van der Waals surface area contributed by atoms with Gasteiger partial charge in [-0.1, -0.05) is 31.0 Å². The maximum Gasteiger partial charge on any atom is 0.332 e. The van der Waals surface area contributed by atoms with Gasteiger partial charge >= 0.3 is 5.97 Å². The molecule has 1 aromatic rings. The van der Waals surface area contributed by atoms with E-state index in [1.165, 1.54) is 25.7 Å². The summed E-state index contributed by atoms with van der Waals surface area (Å²) in [4.78, 5) is 26.3. The van der Waals surface area contributed by atoms with E-state index in [4.69, 9.17) is 4.74 Å². The number of rotatable bonds is 6. The second-order valence-electron chi connectivity index (χ2n) is 7.23. The summed E-state index contributed by atoms with van der Waals surface area (Å²) in [6.45, 7) is 3.95. The fraction of sp³-hybridized carbons (Fsp3) is 0.524. The first-order valence-electron chi connectivity index (χ1n) is 9.52. The van der Waals surface area contributed by atoms with E-state index in [1.54, 1.807) is 6.08 Å². The minimum Gasteiger partial charge on any atom is -0.493 e. The predicted molar refractivity (Wildman–Crippen MR) is 99.9 cm³/mol. The second kappa shape index (κ2) is 8.39. The van der Waals surface area contributed by atoms with Crippen molar-refractivity contribution in [2.45, 2.75) is 39.0 Å². The molecule has 26 heavy (non-hydrogen) atoms. The van der Waals surface area contributed by atoms with E-state index in [9.17, 15) is 14.7 Å². The van der Waals surface area contributed by atoms with E-state index < -0.39 is 5.97 Å². The van der Waals surface area contributed by atoms with E-state index in [2.05, 4.69) is 0 Å². The molecule has 1 saturated heterocycles. The zero-order valence-electron chi connectivity index (χ0n) is 15.3. The van der Waals surface area contributed by atoms with Crippen LogP contribution in [0.1, 0.15) is 44.6 Å². The number of nitrogens with zero attached hydrogens (tertiary/aromatic N) is 1. The molecule has 1 amide bonds. The lowest BCUT2D eigenvalue weighted by Gasteiger charge is -2.22. The Morgan fingerprint density at radius 2 is 1.85 bits per heavy atom. The standard InChI is InChI=1S/C21H27NO4/c1-2-26-19-10-6-5-7-15(19)11-18(21(24)25)12-20(23)22-13-16-8-3-4-9-17(16)14-22/h5-7,10-11,16-17H,2-4,8-9,12-14H2,1H3,(H,24,25)/b18-11+. The monoisotopic (exact) mass is 357 g/mol. The fourth-order valence-electron chi connectivity index (χ4n) is 4.15. The molecule has 1 N–H and O–H groups in total. The Kier molecular flexibility index (Phi) is 5.96. The third kappa shape index (κ3) is 4.26. The minimum absolute atomic E-state index is 0.0742. The fourth-order valence-corrected chi connectivity index (χ4v) is 4.15. The second-order valence-corrected chi connectivity index (χ2v) is 7.23. The van der Waals surface area contributed by atoms with Crippen LogP contribution in [0, 0.1) is 11.8 Å². The number of para-hydroxylation sites is 1. The van der Waals surface area contributed by atoms with Crippen molar-refractivity contribution in [3.63, 3.8) is 0 Å². The number of ether oxygens (including phenoxy) is 1. The molecule has 1 aliphatic heterocycles. The number of likely N-dealkylation sites (tertiary alicyclic amines) is 1. The molecule has 5 nitrogen and oxygen atoms in total. The molecule has 2 atom stereocenters. The van der Waals surface area contributed by atoms with Gasteiger partial charge in [0.05, 0.1) is 13.0 Å². The van der Waals surface area contributed by atoms with Crippen molar-refractivity contribution in [3.8, 4) is 5.75 Å². The van der Waals surface area contributed by atoms with E-state index in [1.807, 2.05) is 36.1 Å². The largest absolute Gasteiger partial charge is 0.493 e. The molecule has 1 heterocycles. The van der Waals surface area contributed by atoms with Crippen molar-refractivity contribution in [1.82, 2.24) is 4.90 Å². The third-order valence-corrected chi connectivity index (χ3v) is 5.49. The van der Waals surface area contributed by atoms with Crippen LogP contribution in [0.5, 0.6) is 5.75 Å². The smallest absolute Gasteiger partial charge is 0.332 e. The molecule has 2 fully saturated rings. The van der Waals surface area contributed by atoms with Gasteiger partial charge in [-0.05, 0) is 43.7 Å². The summed E-state index contributed by atoms with van der Waals surface area (Å²) in [6.07, 6.45) is 6.37. The van der Waals surface area contributed by atoms with Crippen LogP contribution in [-0.2, 0) is 9.59 Å². The highest BCUT2D eigenvalue weighted by Crippen LogP contribution is 2.36. The number of hydrogen-bond acceptors (Lipinski definition) is 3. The molecule has 1 aliphatic carbocycles. The van der Waals surface area contributed by atoms with Gasteiger partial charge in [0.25, 0.3) is 0 Å². The van der Waals surface area contributed by atoms with Gasteiger partial charge in [0, 0.05) is 24.2 Å². The summed E-state index contributed by atoms with van der Waals surface area (Å²) in [6, 6.07) is 7.30. The van der Waals surface area contributed by atoms with Crippen LogP contribution in [0.25, 0.3) is 6.08 Å². The van der Waals surface area contributed by atoms with Gasteiger partial charge < -0.3 is 14.7 Å². The number of hydrogen-bond donors (Lipinski definition) is 1. The van der Waals surface area contributed by atoms with E-state index in [-0.39, 0.29) is 17.9 Å². The minimum atomic E-state index is -1.05. The quantitative estimate of drug-likeness (QED) is 0.790. The Morgan fingerprint density at radius 1 is 1.19 bits per heavy atom. The van der Waals surface area contributed by atoms with Crippen LogP contribution >= 0.6 is 0 Å². The van der Waals surface area contributed by atoms with Gasteiger partial charge in [0.15, 0.2) is 0 Å². The Balaban J connectivity index is 1.73. The number of benzene rings is 1. The molecule has 5 heteroatoms. The van der Waals surface area contributed by atoms with Gasteiger partial charge in [0.1, 0.15) is 5.75 Å². The molecule has 3 rings (SSSR count). The third-order valence-electron chi connectivity index (χ3n) is 5.49. The highest BCUT2D eigenvalue weighted by atomic mass is 16.5. The van der Waals surface area contributed by atoms with Crippen molar-refractivity contribution in [2.75, 3.05) is 19.7 Å². The number of amides is 1. The topological polar surface area (TPSA) is 66.8 Å². The molecule has 2 aliphatic rings. The number of carbonyl (C=O) groups is 2. The van der Waals surface area contributed by atoms with Gasteiger partial charge in [-0.2, -0.15) is 0 Å². The summed E-state index contributed by atoms with van der Waals surface area (Å²) < 4.78 is 5.55. The number of carboxylic acids is 1. The van der Waals surface area contributed by atoms with Crippen LogP contribution in [0.2, 0.25) is 0 Å². The summed E-state index contributed by atoms with van der Waals surface area (Å²) in [5.41, 5.74) is 0.798. The zero-order chi connectivity index (χ0) is 18.5.